The van der Waals surface area contributed by atoms with Gasteiger partial charge in [-0.3, -0.25) is 4.68 Å². The van der Waals surface area contributed by atoms with E-state index in [0.29, 0.717) is 16.1 Å². The monoisotopic (exact) mass is 383 g/mol. The molecule has 124 valence electrons. The second-order valence-corrected chi connectivity index (χ2v) is 7.90. The first-order chi connectivity index (χ1) is 10.7. The van der Waals surface area contributed by atoms with E-state index in [1.54, 1.807) is 0 Å². The van der Waals surface area contributed by atoms with Crippen LogP contribution in [0.25, 0.3) is 11.3 Å². The van der Waals surface area contributed by atoms with Gasteiger partial charge in [0.05, 0.1) is 23.1 Å². The molecule has 1 aromatic carbocycles. The lowest BCUT2D eigenvalue weighted by Crippen LogP contribution is -2.25. The van der Waals surface area contributed by atoms with Crippen LogP contribution in [0.4, 0.5) is 14.5 Å². The Morgan fingerprint density at radius 2 is 1.83 bits per heavy atom. The van der Waals surface area contributed by atoms with Crippen molar-refractivity contribution in [1.82, 2.24) is 9.78 Å². The smallest absolute Gasteiger partial charge is 0.159 e. The highest BCUT2D eigenvalue weighted by Gasteiger charge is 2.32. The van der Waals surface area contributed by atoms with Crippen molar-refractivity contribution in [1.29, 1.82) is 0 Å². The van der Waals surface area contributed by atoms with Gasteiger partial charge in [-0.15, -0.1) is 0 Å². The van der Waals surface area contributed by atoms with Gasteiger partial charge in [-0.1, -0.05) is 0 Å². The van der Waals surface area contributed by atoms with Gasteiger partial charge in [0.2, 0.25) is 0 Å². The van der Waals surface area contributed by atoms with Crippen LogP contribution < -0.4 is 4.90 Å². The summed E-state index contributed by atoms with van der Waals surface area (Å²) in [7, 11) is 2.03. The lowest BCUT2D eigenvalue weighted by molar-refractivity contribution is 0.360. The van der Waals surface area contributed by atoms with E-state index in [0.717, 1.165) is 24.2 Å². The van der Waals surface area contributed by atoms with E-state index in [-0.39, 0.29) is 5.54 Å². The molecule has 23 heavy (non-hydrogen) atoms. The minimum absolute atomic E-state index is 0.276. The van der Waals surface area contributed by atoms with Crippen LogP contribution in [0.3, 0.4) is 0 Å². The van der Waals surface area contributed by atoms with E-state index in [1.807, 2.05) is 38.7 Å². The van der Waals surface area contributed by atoms with Crippen molar-refractivity contribution < 1.29 is 8.78 Å². The lowest BCUT2D eigenvalue weighted by Gasteiger charge is -2.26. The number of anilines is 1. The van der Waals surface area contributed by atoms with Crippen molar-refractivity contribution in [2.75, 3.05) is 11.9 Å². The molecule has 0 radical (unpaired) electrons. The summed E-state index contributed by atoms with van der Waals surface area (Å²) >= 11 is 3.37. The number of hydrogen-bond acceptors (Lipinski definition) is 2. The Labute approximate surface area is 143 Å². The Morgan fingerprint density at radius 1 is 1.22 bits per heavy atom. The predicted molar refractivity (Wildman–Crippen MR) is 91.7 cm³/mol. The molecule has 1 aromatic heterocycles. The number of hydrogen-bond donors (Lipinski definition) is 0. The van der Waals surface area contributed by atoms with Gasteiger partial charge in [0.25, 0.3) is 0 Å². The van der Waals surface area contributed by atoms with Crippen molar-refractivity contribution >= 4 is 21.6 Å². The van der Waals surface area contributed by atoms with E-state index in [4.69, 9.17) is 0 Å². The molecule has 1 aliphatic carbocycles. The van der Waals surface area contributed by atoms with Crippen LogP contribution in [0.1, 0.15) is 33.6 Å². The standard InChI is InChI=1S/C17H20BrF2N3/c1-17(2,3)23-16(11-7-13(19)14(20)8-12(11)18)15(9-21-23)22(4)10-5-6-10/h7-10H,5-6H2,1-4H3. The van der Waals surface area contributed by atoms with Crippen LogP contribution in [-0.2, 0) is 5.54 Å². The molecule has 0 N–H and O–H groups in total. The van der Waals surface area contributed by atoms with Gasteiger partial charge in [0.1, 0.15) is 0 Å². The van der Waals surface area contributed by atoms with Crippen LogP contribution in [-0.4, -0.2) is 22.9 Å². The molecule has 0 spiro atoms. The molecule has 3 rings (SSSR count). The van der Waals surface area contributed by atoms with Gasteiger partial charge in [0.15, 0.2) is 11.6 Å². The fraction of sp³-hybridized carbons (Fsp3) is 0.471. The molecule has 0 atom stereocenters. The zero-order valence-corrected chi connectivity index (χ0v) is 15.3. The van der Waals surface area contributed by atoms with E-state index in [9.17, 15) is 8.78 Å². The number of aromatic nitrogens is 2. The van der Waals surface area contributed by atoms with Crippen molar-refractivity contribution in [3.8, 4) is 11.3 Å². The summed E-state index contributed by atoms with van der Waals surface area (Å²) in [6, 6.07) is 2.91. The van der Waals surface area contributed by atoms with Crippen LogP contribution >= 0.6 is 15.9 Å². The number of halogens is 3. The van der Waals surface area contributed by atoms with E-state index in [2.05, 4.69) is 25.9 Å². The van der Waals surface area contributed by atoms with Gasteiger partial charge in [-0.2, -0.15) is 5.10 Å². The normalized spacial score (nSPS) is 15.1. The number of nitrogens with zero attached hydrogens (tertiary/aromatic N) is 3. The molecule has 0 bridgehead atoms. The summed E-state index contributed by atoms with van der Waals surface area (Å²) in [5.41, 5.74) is 2.08. The molecule has 0 unspecified atom stereocenters. The SMILES string of the molecule is CN(c1cnn(C(C)(C)C)c1-c1cc(F)c(F)cc1Br)C1CC1. The van der Waals surface area contributed by atoms with Gasteiger partial charge in [0, 0.05) is 23.1 Å². The largest absolute Gasteiger partial charge is 0.369 e. The molecule has 0 saturated heterocycles. The minimum Gasteiger partial charge on any atom is -0.369 e. The molecule has 3 nitrogen and oxygen atoms in total. The molecule has 1 aliphatic rings. The van der Waals surface area contributed by atoms with Crippen molar-refractivity contribution in [2.24, 2.45) is 0 Å². The number of rotatable bonds is 3. The third-order valence-corrected chi connectivity index (χ3v) is 4.78. The summed E-state index contributed by atoms with van der Waals surface area (Å²) in [5.74, 6) is -1.72. The highest BCUT2D eigenvalue weighted by atomic mass is 79.9. The highest BCUT2D eigenvalue weighted by molar-refractivity contribution is 9.10. The molecule has 1 fully saturated rings. The molecule has 6 heteroatoms. The quantitative estimate of drug-likeness (QED) is 0.699. The Hall–Kier alpha value is -1.43. The Kier molecular flexibility index (Phi) is 3.99. The fourth-order valence-electron chi connectivity index (χ4n) is 2.72. The first-order valence-electron chi connectivity index (χ1n) is 7.66. The van der Waals surface area contributed by atoms with Gasteiger partial charge < -0.3 is 4.90 Å². The van der Waals surface area contributed by atoms with E-state index in [1.165, 1.54) is 12.1 Å². The Balaban J connectivity index is 2.23. The molecule has 1 saturated carbocycles. The van der Waals surface area contributed by atoms with Gasteiger partial charge in [-0.05, 0) is 61.7 Å². The molecule has 0 amide bonds. The fourth-order valence-corrected chi connectivity index (χ4v) is 3.22. The third-order valence-electron chi connectivity index (χ3n) is 4.12. The highest BCUT2D eigenvalue weighted by Crippen LogP contribution is 2.41. The molecular formula is C17H20BrF2N3. The predicted octanol–water partition coefficient (Wildman–Crippen LogP) is 4.94. The molecular weight excluding hydrogens is 364 g/mol. The first-order valence-corrected chi connectivity index (χ1v) is 8.45. The van der Waals surface area contributed by atoms with Gasteiger partial charge >= 0.3 is 0 Å². The Bertz CT molecular complexity index is 745. The summed E-state index contributed by atoms with van der Waals surface area (Å²) in [6.45, 7) is 6.12. The van der Waals surface area contributed by atoms with Crippen LogP contribution in [0.15, 0.2) is 22.8 Å². The summed E-state index contributed by atoms with van der Waals surface area (Å²) < 4.78 is 29.7. The Morgan fingerprint density at radius 3 is 2.39 bits per heavy atom. The average Bonchev–Trinajstić information content (AvgIpc) is 3.19. The zero-order chi connectivity index (χ0) is 16.9. The van der Waals surface area contributed by atoms with E-state index >= 15 is 0 Å². The van der Waals surface area contributed by atoms with Crippen molar-refractivity contribution in [2.45, 2.75) is 45.2 Å². The maximum absolute atomic E-state index is 13.8. The summed E-state index contributed by atoms with van der Waals surface area (Å²) in [6.07, 6.45) is 4.11. The second kappa shape index (κ2) is 5.58. The van der Waals surface area contributed by atoms with Crippen molar-refractivity contribution in [3.05, 3.63) is 34.4 Å². The molecule has 2 aromatic rings. The number of benzene rings is 1. The summed E-state index contributed by atoms with van der Waals surface area (Å²) in [5, 5.41) is 4.53. The zero-order valence-electron chi connectivity index (χ0n) is 13.7. The average molecular weight is 384 g/mol. The van der Waals surface area contributed by atoms with Gasteiger partial charge in [-0.25, -0.2) is 8.78 Å². The minimum atomic E-state index is -0.862. The summed E-state index contributed by atoms with van der Waals surface area (Å²) in [4.78, 5) is 2.18. The maximum atomic E-state index is 13.8. The molecule has 1 heterocycles. The van der Waals surface area contributed by atoms with Crippen LogP contribution in [0.2, 0.25) is 0 Å². The molecule has 0 aliphatic heterocycles. The van der Waals surface area contributed by atoms with Crippen LogP contribution in [0, 0.1) is 11.6 Å². The third kappa shape index (κ3) is 3.01. The topological polar surface area (TPSA) is 21.1 Å². The van der Waals surface area contributed by atoms with E-state index < -0.39 is 11.6 Å². The maximum Gasteiger partial charge on any atom is 0.159 e. The first kappa shape index (κ1) is 16.4. The second-order valence-electron chi connectivity index (χ2n) is 7.05. The lowest BCUT2D eigenvalue weighted by atomic mass is 10.1. The van der Waals surface area contributed by atoms with Crippen LogP contribution in [0.5, 0.6) is 0 Å². The van der Waals surface area contributed by atoms with Crippen molar-refractivity contribution in [3.63, 3.8) is 0 Å².